The summed E-state index contributed by atoms with van der Waals surface area (Å²) in [6, 6.07) is 16.6. The molecule has 1 aliphatic carbocycles. The molecule has 0 aromatic heterocycles. The number of carbonyl (C=O) groups is 1. The third kappa shape index (κ3) is 1.49. The molecule has 0 amide bonds. The van der Waals surface area contributed by atoms with Crippen molar-refractivity contribution in [3.8, 4) is 0 Å². The predicted octanol–water partition coefficient (Wildman–Crippen LogP) is 3.15. The molecule has 2 nitrogen and oxygen atoms in total. The first kappa shape index (κ1) is 11.9. The van der Waals surface area contributed by atoms with E-state index in [1.165, 1.54) is 15.8 Å². The molecule has 5 rings (SSSR count). The third-order valence-electron chi connectivity index (χ3n) is 4.62. The van der Waals surface area contributed by atoms with E-state index in [9.17, 15) is 4.79 Å². The molecule has 0 unspecified atom stereocenters. The molecule has 0 fully saturated rings. The van der Waals surface area contributed by atoms with Gasteiger partial charge in [0.05, 0.1) is 11.0 Å². The van der Waals surface area contributed by atoms with Gasteiger partial charge in [0.15, 0.2) is 5.78 Å². The lowest BCUT2D eigenvalue weighted by atomic mass is 9.94. The van der Waals surface area contributed by atoms with Crippen molar-refractivity contribution in [2.24, 2.45) is 4.99 Å². The summed E-state index contributed by atoms with van der Waals surface area (Å²) in [4.78, 5) is 16.8. The van der Waals surface area contributed by atoms with E-state index in [-0.39, 0.29) is 5.78 Å². The molecule has 0 N–H and O–H groups in total. The predicted molar refractivity (Wildman–Crippen MR) is 86.5 cm³/mol. The minimum absolute atomic E-state index is 0.255. The zero-order valence-electron chi connectivity index (χ0n) is 12.0. The summed E-state index contributed by atoms with van der Waals surface area (Å²) in [7, 11) is 0. The highest BCUT2D eigenvalue weighted by molar-refractivity contribution is 6.02. The first-order chi connectivity index (χ1) is 10.8. The third-order valence-corrected chi connectivity index (χ3v) is 4.62. The lowest BCUT2D eigenvalue weighted by molar-refractivity contribution is 0.0981. The smallest absolute Gasteiger partial charge is 0.163 e. The molecular formula is C20H13NO. The van der Waals surface area contributed by atoms with Crippen LogP contribution in [0, 0.1) is 10.4 Å². The Morgan fingerprint density at radius 3 is 2.86 bits per heavy atom. The van der Waals surface area contributed by atoms with Gasteiger partial charge in [0.25, 0.3) is 0 Å². The van der Waals surface area contributed by atoms with Crippen molar-refractivity contribution in [1.29, 1.82) is 0 Å². The minimum Gasteiger partial charge on any atom is -0.294 e. The Morgan fingerprint density at radius 1 is 1.00 bits per heavy atom. The summed E-state index contributed by atoms with van der Waals surface area (Å²) in [6.07, 6.45) is 3.64. The highest BCUT2D eigenvalue weighted by Gasteiger charge is 2.14. The molecule has 104 valence electrons. The monoisotopic (exact) mass is 283 g/mol. The minimum atomic E-state index is 0.255. The van der Waals surface area contributed by atoms with E-state index in [1.807, 2.05) is 12.1 Å². The van der Waals surface area contributed by atoms with Crippen LogP contribution in [0.1, 0.15) is 23.2 Å². The van der Waals surface area contributed by atoms with Gasteiger partial charge in [0.2, 0.25) is 0 Å². The summed E-state index contributed by atoms with van der Waals surface area (Å²) in [6.45, 7) is 0. The van der Waals surface area contributed by atoms with Crippen molar-refractivity contribution in [3.63, 3.8) is 0 Å². The van der Waals surface area contributed by atoms with Crippen LogP contribution in [0.15, 0.2) is 53.5 Å². The first-order valence-corrected chi connectivity index (χ1v) is 7.59. The molecule has 0 bridgehead atoms. The Bertz CT molecular complexity index is 1190. The van der Waals surface area contributed by atoms with E-state index < -0.39 is 0 Å². The number of hydrogen-bond donors (Lipinski definition) is 0. The van der Waals surface area contributed by atoms with Gasteiger partial charge in [-0.3, -0.25) is 4.79 Å². The van der Waals surface area contributed by atoms with Crippen molar-refractivity contribution >= 4 is 28.3 Å². The highest BCUT2D eigenvalue weighted by atomic mass is 16.1. The van der Waals surface area contributed by atoms with Crippen LogP contribution in [-0.4, -0.2) is 5.78 Å². The standard InChI is InChI=1S/C20H13NO/c22-19-7-3-4-12-11-16-13(10-15(12)19)8-9-18-20(16)14-5-1-2-6-17(14)21-18/h1-2,4-6,8-11H,3,7H2. The van der Waals surface area contributed by atoms with Crippen LogP contribution >= 0.6 is 0 Å². The highest BCUT2D eigenvalue weighted by Crippen LogP contribution is 2.27. The first-order valence-electron chi connectivity index (χ1n) is 7.59. The van der Waals surface area contributed by atoms with Crippen molar-refractivity contribution in [1.82, 2.24) is 0 Å². The number of ketones is 1. The van der Waals surface area contributed by atoms with E-state index in [2.05, 4.69) is 42.5 Å². The molecule has 2 aliphatic rings. The second-order valence-electron chi connectivity index (χ2n) is 5.92. The van der Waals surface area contributed by atoms with Crippen molar-refractivity contribution < 1.29 is 4.79 Å². The zero-order chi connectivity index (χ0) is 14.7. The van der Waals surface area contributed by atoms with Crippen molar-refractivity contribution in [2.45, 2.75) is 12.8 Å². The Balaban J connectivity index is 2.06. The molecule has 0 saturated carbocycles. The van der Waals surface area contributed by atoms with Gasteiger partial charge >= 0.3 is 0 Å². The van der Waals surface area contributed by atoms with E-state index in [4.69, 9.17) is 4.99 Å². The maximum atomic E-state index is 12.1. The number of para-hydroxylation sites is 1. The average Bonchev–Trinajstić information content (AvgIpc) is 2.93. The van der Waals surface area contributed by atoms with Crippen LogP contribution in [0.4, 0.5) is 5.69 Å². The molecule has 2 heteroatoms. The molecule has 3 aromatic rings. The van der Waals surface area contributed by atoms with Crippen LogP contribution in [-0.2, 0) is 0 Å². The Labute approximate surface area is 126 Å². The topological polar surface area (TPSA) is 29.4 Å². The molecule has 1 heterocycles. The van der Waals surface area contributed by atoms with Gasteiger partial charge in [-0.2, -0.15) is 0 Å². The second kappa shape index (κ2) is 4.14. The number of nitrogens with zero attached hydrogens (tertiary/aromatic N) is 1. The Morgan fingerprint density at radius 2 is 1.91 bits per heavy atom. The van der Waals surface area contributed by atoms with Crippen LogP contribution in [0.5, 0.6) is 0 Å². The average molecular weight is 283 g/mol. The summed E-state index contributed by atoms with van der Waals surface area (Å²) < 4.78 is 0. The van der Waals surface area contributed by atoms with Crippen molar-refractivity contribution in [2.75, 3.05) is 0 Å². The van der Waals surface area contributed by atoms with E-state index in [0.717, 1.165) is 33.6 Å². The number of carbonyl (C=O) groups excluding carboxylic acids is 1. The van der Waals surface area contributed by atoms with Gasteiger partial charge in [0.1, 0.15) is 0 Å². The van der Waals surface area contributed by atoms with Gasteiger partial charge in [-0.05, 0) is 46.7 Å². The van der Waals surface area contributed by atoms with Crippen LogP contribution in [0.2, 0.25) is 0 Å². The van der Waals surface area contributed by atoms with Gasteiger partial charge in [-0.25, -0.2) is 4.99 Å². The lowest BCUT2D eigenvalue weighted by Gasteiger charge is -2.09. The molecule has 0 atom stereocenters. The number of Topliss-reactive ketones (excluding diaryl/α,β-unsaturated/α-hetero) is 1. The van der Waals surface area contributed by atoms with Crippen molar-refractivity contribution in [3.05, 3.63) is 75.1 Å². The van der Waals surface area contributed by atoms with Crippen LogP contribution < -0.4 is 10.6 Å². The number of hydrogen-bond acceptors (Lipinski definition) is 2. The Kier molecular flexibility index (Phi) is 2.23. The van der Waals surface area contributed by atoms with E-state index >= 15 is 0 Å². The second-order valence-corrected chi connectivity index (χ2v) is 5.92. The molecule has 3 aromatic carbocycles. The summed E-state index contributed by atoms with van der Waals surface area (Å²) in [5.74, 6) is 0.255. The molecule has 1 aliphatic heterocycles. The SMILES string of the molecule is O=C1CCC=c2cc3c4c(ccc3cc21)N=c1ccccc1=4. The zero-order valence-corrected chi connectivity index (χ0v) is 12.0. The van der Waals surface area contributed by atoms with E-state index in [1.54, 1.807) is 0 Å². The quantitative estimate of drug-likeness (QED) is 0.487. The number of fused-ring (bicyclic) bond motifs is 5. The van der Waals surface area contributed by atoms with Gasteiger partial charge in [-0.1, -0.05) is 30.3 Å². The van der Waals surface area contributed by atoms with E-state index in [0.29, 0.717) is 6.42 Å². The molecular weight excluding hydrogens is 270 g/mol. The fourth-order valence-corrected chi connectivity index (χ4v) is 3.57. The fraction of sp³-hybridized carbons (Fsp3) is 0.100. The Hall–Kier alpha value is -2.74. The molecule has 0 radical (unpaired) electrons. The normalized spacial score (nSPS) is 14.8. The molecule has 22 heavy (non-hydrogen) atoms. The van der Waals surface area contributed by atoms with Gasteiger partial charge < -0.3 is 0 Å². The van der Waals surface area contributed by atoms with Crippen LogP contribution in [0.3, 0.4) is 0 Å². The summed E-state index contributed by atoms with van der Waals surface area (Å²) in [5, 5.41) is 6.79. The number of rotatable bonds is 0. The van der Waals surface area contributed by atoms with Crippen LogP contribution in [0.25, 0.3) is 16.8 Å². The summed E-state index contributed by atoms with van der Waals surface area (Å²) >= 11 is 0. The largest absolute Gasteiger partial charge is 0.294 e. The summed E-state index contributed by atoms with van der Waals surface area (Å²) in [5.41, 5.74) is 1.89. The lowest BCUT2D eigenvalue weighted by Crippen LogP contribution is -2.18. The van der Waals surface area contributed by atoms with Gasteiger partial charge in [-0.15, -0.1) is 0 Å². The molecule has 0 spiro atoms. The maximum absolute atomic E-state index is 12.1. The number of benzene rings is 3. The molecule has 0 saturated heterocycles. The maximum Gasteiger partial charge on any atom is 0.163 e. The fourth-order valence-electron chi connectivity index (χ4n) is 3.57. The van der Waals surface area contributed by atoms with Gasteiger partial charge in [0, 0.05) is 22.4 Å².